The molecule has 10 heteroatoms. The Kier molecular flexibility index (Phi) is 4.82. The van der Waals surface area contributed by atoms with Crippen molar-refractivity contribution in [2.45, 2.75) is 23.5 Å². The lowest BCUT2D eigenvalue weighted by molar-refractivity contribution is -0.138. The molecule has 0 aliphatic heterocycles. The van der Waals surface area contributed by atoms with Crippen LogP contribution in [0.15, 0.2) is 28.4 Å². The molecule has 0 saturated carbocycles. The van der Waals surface area contributed by atoms with Crippen LogP contribution in [0.4, 0.5) is 0 Å². The molecule has 2 aromatic heterocycles. The van der Waals surface area contributed by atoms with Crippen LogP contribution < -0.4 is 5.32 Å². The summed E-state index contributed by atoms with van der Waals surface area (Å²) in [7, 11) is 0. The fraction of sp³-hybridized carbons (Fsp3) is 0.273. The minimum atomic E-state index is -1.04. The third-order valence-corrected chi connectivity index (χ3v) is 3.26. The molecule has 0 aliphatic rings. The molecule has 0 radical (unpaired) electrons. The van der Waals surface area contributed by atoms with E-state index in [0.717, 1.165) is 11.8 Å². The van der Waals surface area contributed by atoms with E-state index in [4.69, 9.17) is 5.11 Å². The number of nitrogens with one attached hydrogen (secondary N) is 1. The molecule has 2 heterocycles. The number of amides is 1. The van der Waals surface area contributed by atoms with Gasteiger partial charge in [-0.25, -0.2) is 4.68 Å². The molecule has 2 N–H and O–H groups in total. The largest absolute Gasteiger partial charge is 0.480 e. The summed E-state index contributed by atoms with van der Waals surface area (Å²) >= 11 is 1.16. The van der Waals surface area contributed by atoms with Gasteiger partial charge in [0, 0.05) is 17.6 Å². The molecule has 110 valence electrons. The second kappa shape index (κ2) is 6.79. The number of carbonyl (C=O) groups excluding carboxylic acids is 1. The summed E-state index contributed by atoms with van der Waals surface area (Å²) < 4.78 is 1.17. The van der Waals surface area contributed by atoms with Crippen molar-refractivity contribution in [3.05, 3.63) is 24.0 Å². The monoisotopic (exact) mass is 308 g/mol. The second-order valence-electron chi connectivity index (χ2n) is 3.85. The highest BCUT2D eigenvalue weighted by Crippen LogP contribution is 2.25. The molecular weight excluding hydrogens is 296 g/mol. The number of carboxylic acid groups (broad SMARTS) is 1. The molecule has 21 heavy (non-hydrogen) atoms. The highest BCUT2D eigenvalue weighted by Gasteiger charge is 2.13. The number of rotatable bonds is 6. The Hall–Kier alpha value is -2.49. The lowest BCUT2D eigenvalue weighted by Gasteiger charge is -2.04. The van der Waals surface area contributed by atoms with Crippen molar-refractivity contribution in [3.63, 3.8) is 0 Å². The Balaban J connectivity index is 2.17. The minimum absolute atomic E-state index is 0.273. The van der Waals surface area contributed by atoms with E-state index in [1.165, 1.54) is 10.9 Å². The van der Waals surface area contributed by atoms with Gasteiger partial charge in [-0.3, -0.25) is 14.6 Å². The molecule has 0 spiro atoms. The Morgan fingerprint density at radius 2 is 2.29 bits per heavy atom. The molecule has 0 unspecified atom stereocenters. The van der Waals surface area contributed by atoms with E-state index in [1.807, 2.05) is 6.92 Å². The molecule has 0 aromatic carbocycles. The minimum Gasteiger partial charge on any atom is -0.480 e. The third kappa shape index (κ3) is 3.99. The second-order valence-corrected chi connectivity index (χ2v) is 4.89. The smallest absolute Gasteiger partial charge is 0.325 e. The normalized spacial score (nSPS) is 10.3. The van der Waals surface area contributed by atoms with Gasteiger partial charge in [-0.1, -0.05) is 0 Å². The predicted molar refractivity (Wildman–Crippen MR) is 71.8 cm³/mol. The molecule has 0 bridgehead atoms. The van der Waals surface area contributed by atoms with Gasteiger partial charge in [0.15, 0.2) is 0 Å². The maximum absolute atomic E-state index is 11.7. The molecule has 0 atom stereocenters. The first kappa shape index (κ1) is 14.9. The number of hydrogen-bond donors (Lipinski definition) is 2. The topological polar surface area (TPSA) is 123 Å². The Morgan fingerprint density at radius 3 is 3.00 bits per heavy atom. The van der Waals surface area contributed by atoms with Crippen LogP contribution >= 0.6 is 11.8 Å². The number of aromatic nitrogens is 5. The van der Waals surface area contributed by atoms with Crippen LogP contribution in [0.2, 0.25) is 0 Å². The number of carboxylic acids is 1. The van der Waals surface area contributed by atoms with Gasteiger partial charge < -0.3 is 10.4 Å². The van der Waals surface area contributed by atoms with Gasteiger partial charge in [0.2, 0.25) is 5.16 Å². The standard InChI is InChI=1S/C11H12N6O3S/c1-2-12-10(20)8-5-7(3-4-13-8)21-11-14-15-16-17(11)6-9(18)19/h3-5H,2,6H2,1H3,(H,12,20)(H,18,19). The summed E-state index contributed by atoms with van der Waals surface area (Å²) in [6, 6.07) is 3.28. The molecule has 1 amide bonds. The number of carbonyl (C=O) groups is 2. The highest BCUT2D eigenvalue weighted by molar-refractivity contribution is 7.99. The number of aliphatic carboxylic acids is 1. The Labute approximate surface area is 123 Å². The summed E-state index contributed by atoms with van der Waals surface area (Å²) in [6.45, 7) is 1.99. The Morgan fingerprint density at radius 1 is 1.48 bits per heavy atom. The number of tetrazole rings is 1. The predicted octanol–water partition coefficient (Wildman–Crippen LogP) is 0.0536. The molecule has 2 rings (SSSR count). The van der Waals surface area contributed by atoms with Crippen LogP contribution in [0.25, 0.3) is 0 Å². The third-order valence-electron chi connectivity index (χ3n) is 2.29. The zero-order valence-electron chi connectivity index (χ0n) is 11.1. The lowest BCUT2D eigenvalue weighted by atomic mass is 10.3. The van der Waals surface area contributed by atoms with Gasteiger partial charge in [0.1, 0.15) is 12.2 Å². The molecule has 0 fully saturated rings. The lowest BCUT2D eigenvalue weighted by Crippen LogP contribution is -2.23. The summed E-state index contributed by atoms with van der Waals surface area (Å²) in [5, 5.41) is 22.5. The van der Waals surface area contributed by atoms with Gasteiger partial charge >= 0.3 is 5.97 Å². The van der Waals surface area contributed by atoms with Gasteiger partial charge in [0.25, 0.3) is 5.91 Å². The van der Waals surface area contributed by atoms with Crippen molar-refractivity contribution in [2.24, 2.45) is 0 Å². The summed E-state index contributed by atoms with van der Waals surface area (Å²) in [5.41, 5.74) is 0.277. The number of hydrogen-bond acceptors (Lipinski definition) is 7. The zero-order valence-corrected chi connectivity index (χ0v) is 11.9. The first-order chi connectivity index (χ1) is 10.1. The SMILES string of the molecule is CCNC(=O)c1cc(Sc2nnnn2CC(=O)O)ccn1. The van der Waals surface area contributed by atoms with Crippen molar-refractivity contribution >= 4 is 23.6 Å². The number of nitrogens with zero attached hydrogens (tertiary/aromatic N) is 5. The van der Waals surface area contributed by atoms with Gasteiger partial charge in [-0.05, 0) is 41.2 Å². The maximum atomic E-state index is 11.7. The van der Waals surface area contributed by atoms with E-state index in [9.17, 15) is 9.59 Å². The number of pyridine rings is 1. The van der Waals surface area contributed by atoms with E-state index in [1.54, 1.807) is 12.1 Å². The van der Waals surface area contributed by atoms with E-state index >= 15 is 0 Å². The van der Waals surface area contributed by atoms with E-state index in [2.05, 4.69) is 25.8 Å². The van der Waals surface area contributed by atoms with Gasteiger partial charge in [-0.2, -0.15) is 0 Å². The van der Waals surface area contributed by atoms with Crippen molar-refractivity contribution < 1.29 is 14.7 Å². The van der Waals surface area contributed by atoms with Crippen LogP contribution in [0, 0.1) is 0 Å². The van der Waals surface area contributed by atoms with Crippen LogP contribution in [0.5, 0.6) is 0 Å². The van der Waals surface area contributed by atoms with E-state index in [-0.39, 0.29) is 18.1 Å². The highest BCUT2D eigenvalue weighted by atomic mass is 32.2. The Bertz CT molecular complexity index is 659. The van der Waals surface area contributed by atoms with Gasteiger partial charge in [0.05, 0.1) is 0 Å². The zero-order chi connectivity index (χ0) is 15.2. The van der Waals surface area contributed by atoms with Crippen molar-refractivity contribution in [3.8, 4) is 0 Å². The van der Waals surface area contributed by atoms with E-state index in [0.29, 0.717) is 16.6 Å². The first-order valence-corrected chi connectivity index (χ1v) is 6.82. The fourth-order valence-corrected chi connectivity index (χ4v) is 2.25. The van der Waals surface area contributed by atoms with Crippen LogP contribution in [-0.2, 0) is 11.3 Å². The average Bonchev–Trinajstić information content (AvgIpc) is 2.86. The summed E-state index contributed by atoms with van der Waals surface area (Å²) in [4.78, 5) is 27.1. The average molecular weight is 308 g/mol. The quantitative estimate of drug-likeness (QED) is 0.767. The first-order valence-electron chi connectivity index (χ1n) is 6.00. The summed E-state index contributed by atoms with van der Waals surface area (Å²) in [6.07, 6.45) is 1.50. The molecule has 0 saturated heterocycles. The molecular formula is C11H12N6O3S. The van der Waals surface area contributed by atoms with Crippen molar-refractivity contribution in [2.75, 3.05) is 6.54 Å². The van der Waals surface area contributed by atoms with Crippen molar-refractivity contribution in [1.82, 2.24) is 30.5 Å². The summed E-state index contributed by atoms with van der Waals surface area (Å²) in [5.74, 6) is -1.31. The van der Waals surface area contributed by atoms with Crippen LogP contribution in [0.3, 0.4) is 0 Å². The van der Waals surface area contributed by atoms with Crippen LogP contribution in [-0.4, -0.2) is 48.7 Å². The molecule has 9 nitrogen and oxygen atoms in total. The van der Waals surface area contributed by atoms with E-state index < -0.39 is 5.97 Å². The van der Waals surface area contributed by atoms with Gasteiger partial charge in [-0.15, -0.1) is 5.10 Å². The fourth-order valence-electron chi connectivity index (χ4n) is 1.45. The maximum Gasteiger partial charge on any atom is 0.325 e. The molecule has 2 aromatic rings. The van der Waals surface area contributed by atoms with Crippen LogP contribution in [0.1, 0.15) is 17.4 Å². The molecule has 0 aliphatic carbocycles. The van der Waals surface area contributed by atoms with Crippen molar-refractivity contribution in [1.29, 1.82) is 0 Å².